The van der Waals surface area contributed by atoms with Gasteiger partial charge in [0.15, 0.2) is 0 Å². The largest absolute Gasteiger partial charge is 0.313 e. The lowest BCUT2D eigenvalue weighted by Crippen LogP contribution is -2.39. The molecule has 1 fully saturated rings. The van der Waals surface area contributed by atoms with Gasteiger partial charge in [-0.25, -0.2) is 0 Å². The molecule has 0 saturated carbocycles. The average Bonchev–Trinajstić information content (AvgIpc) is 2.90. The summed E-state index contributed by atoms with van der Waals surface area (Å²) in [4.78, 5) is 2.58. The Morgan fingerprint density at radius 3 is 2.95 bits per heavy atom. The lowest BCUT2D eigenvalue weighted by atomic mass is 10.1. The van der Waals surface area contributed by atoms with Gasteiger partial charge in [-0.05, 0) is 57.0 Å². The van der Waals surface area contributed by atoms with Crippen LogP contribution in [0.4, 0.5) is 0 Å². The van der Waals surface area contributed by atoms with Crippen LogP contribution in [0.5, 0.6) is 0 Å². The van der Waals surface area contributed by atoms with E-state index >= 15 is 0 Å². The minimum Gasteiger partial charge on any atom is -0.313 e. The number of nitrogens with zero attached hydrogens (tertiary/aromatic N) is 1. The Hall–Kier alpha value is -0.570. The topological polar surface area (TPSA) is 15.3 Å². The first-order valence-electron chi connectivity index (χ1n) is 7.43. The number of benzene rings is 1. The van der Waals surface area contributed by atoms with Crippen molar-refractivity contribution in [1.29, 1.82) is 0 Å². The molecule has 1 aromatic carbocycles. The molecule has 0 aliphatic carbocycles. The SMILES string of the molecule is CCCN(CC1CCCN1)C(C)c1cccc(Cl)c1. The molecular weight excluding hydrogens is 256 g/mol. The smallest absolute Gasteiger partial charge is 0.0409 e. The van der Waals surface area contributed by atoms with Crippen molar-refractivity contribution >= 4 is 11.6 Å². The zero-order valence-electron chi connectivity index (χ0n) is 12.0. The molecule has 2 atom stereocenters. The van der Waals surface area contributed by atoms with Gasteiger partial charge >= 0.3 is 0 Å². The molecule has 1 heterocycles. The molecule has 2 unspecified atom stereocenters. The number of hydrogen-bond donors (Lipinski definition) is 1. The lowest BCUT2D eigenvalue weighted by Gasteiger charge is -2.31. The summed E-state index contributed by atoms with van der Waals surface area (Å²) in [6.45, 7) is 8.00. The normalized spacial score (nSPS) is 20.9. The third-order valence-electron chi connectivity index (χ3n) is 4.01. The molecule has 1 aliphatic heterocycles. The molecule has 106 valence electrons. The molecule has 0 bridgehead atoms. The highest BCUT2D eigenvalue weighted by Gasteiger charge is 2.21. The number of rotatable bonds is 6. The van der Waals surface area contributed by atoms with Crippen LogP contribution >= 0.6 is 11.6 Å². The predicted octanol–water partition coefficient (Wildman–Crippen LogP) is 3.87. The third-order valence-corrected chi connectivity index (χ3v) is 4.24. The lowest BCUT2D eigenvalue weighted by molar-refractivity contribution is 0.192. The fourth-order valence-electron chi connectivity index (χ4n) is 2.90. The van der Waals surface area contributed by atoms with E-state index in [-0.39, 0.29) is 0 Å². The molecule has 1 aliphatic rings. The van der Waals surface area contributed by atoms with E-state index in [9.17, 15) is 0 Å². The summed E-state index contributed by atoms with van der Waals surface area (Å²) in [5.74, 6) is 0. The Labute approximate surface area is 122 Å². The maximum Gasteiger partial charge on any atom is 0.0409 e. The summed E-state index contributed by atoms with van der Waals surface area (Å²) in [6.07, 6.45) is 3.82. The highest BCUT2D eigenvalue weighted by Crippen LogP contribution is 2.24. The highest BCUT2D eigenvalue weighted by molar-refractivity contribution is 6.30. The monoisotopic (exact) mass is 280 g/mol. The summed E-state index contributed by atoms with van der Waals surface area (Å²) in [5, 5.41) is 4.43. The second-order valence-electron chi connectivity index (χ2n) is 5.52. The van der Waals surface area contributed by atoms with Gasteiger partial charge in [0.2, 0.25) is 0 Å². The minimum atomic E-state index is 0.432. The molecule has 19 heavy (non-hydrogen) atoms. The van der Waals surface area contributed by atoms with Crippen LogP contribution in [0, 0.1) is 0 Å². The maximum absolute atomic E-state index is 6.11. The number of nitrogens with one attached hydrogen (secondary N) is 1. The van der Waals surface area contributed by atoms with E-state index in [4.69, 9.17) is 11.6 Å². The molecule has 1 N–H and O–H groups in total. The zero-order chi connectivity index (χ0) is 13.7. The van der Waals surface area contributed by atoms with Gasteiger partial charge in [0.1, 0.15) is 0 Å². The maximum atomic E-state index is 6.11. The van der Waals surface area contributed by atoms with Gasteiger partial charge in [-0.3, -0.25) is 4.90 Å². The van der Waals surface area contributed by atoms with Crippen molar-refractivity contribution in [3.8, 4) is 0 Å². The Balaban J connectivity index is 2.04. The highest BCUT2D eigenvalue weighted by atomic mass is 35.5. The zero-order valence-corrected chi connectivity index (χ0v) is 12.8. The van der Waals surface area contributed by atoms with Crippen molar-refractivity contribution in [3.63, 3.8) is 0 Å². The molecule has 0 radical (unpaired) electrons. The molecule has 2 nitrogen and oxygen atoms in total. The Kier molecular flexibility index (Phi) is 5.68. The van der Waals surface area contributed by atoms with Crippen LogP contribution < -0.4 is 5.32 Å². The summed E-state index contributed by atoms with van der Waals surface area (Å²) in [5.41, 5.74) is 1.32. The fraction of sp³-hybridized carbons (Fsp3) is 0.625. The van der Waals surface area contributed by atoms with Crippen LogP contribution in [0.25, 0.3) is 0 Å². The molecule has 0 aromatic heterocycles. The summed E-state index contributed by atoms with van der Waals surface area (Å²) in [7, 11) is 0. The second-order valence-corrected chi connectivity index (χ2v) is 5.96. The molecule has 1 saturated heterocycles. The van der Waals surface area contributed by atoms with Crippen molar-refractivity contribution in [3.05, 3.63) is 34.9 Å². The first-order chi connectivity index (χ1) is 9.20. The van der Waals surface area contributed by atoms with Crippen LogP contribution in [0.15, 0.2) is 24.3 Å². The first kappa shape index (κ1) is 14.8. The van der Waals surface area contributed by atoms with Gasteiger partial charge < -0.3 is 5.32 Å². The number of halogens is 1. The molecule has 3 heteroatoms. The van der Waals surface area contributed by atoms with Crippen molar-refractivity contribution < 1.29 is 0 Å². The molecule has 0 amide bonds. The summed E-state index contributed by atoms with van der Waals surface area (Å²) < 4.78 is 0. The van der Waals surface area contributed by atoms with E-state index in [0.29, 0.717) is 12.1 Å². The fourth-order valence-corrected chi connectivity index (χ4v) is 3.10. The van der Waals surface area contributed by atoms with Gasteiger partial charge in [-0.2, -0.15) is 0 Å². The number of hydrogen-bond acceptors (Lipinski definition) is 2. The van der Waals surface area contributed by atoms with E-state index in [2.05, 4.69) is 36.2 Å². The van der Waals surface area contributed by atoms with Crippen molar-refractivity contribution in [2.75, 3.05) is 19.6 Å². The van der Waals surface area contributed by atoms with E-state index in [1.54, 1.807) is 0 Å². The van der Waals surface area contributed by atoms with Crippen molar-refractivity contribution in [1.82, 2.24) is 10.2 Å². The van der Waals surface area contributed by atoms with Crippen LogP contribution in [0.3, 0.4) is 0 Å². The average molecular weight is 281 g/mol. The van der Waals surface area contributed by atoms with Gasteiger partial charge in [0.05, 0.1) is 0 Å². The molecule has 0 spiro atoms. The molecule has 1 aromatic rings. The van der Waals surface area contributed by atoms with Crippen molar-refractivity contribution in [2.45, 2.75) is 45.2 Å². The Bertz CT molecular complexity index is 388. The molecule has 2 rings (SSSR count). The molecular formula is C16H25ClN2. The van der Waals surface area contributed by atoms with Crippen LogP contribution in [0.2, 0.25) is 5.02 Å². The van der Waals surface area contributed by atoms with E-state index in [0.717, 1.165) is 18.1 Å². The Morgan fingerprint density at radius 1 is 1.47 bits per heavy atom. The summed E-state index contributed by atoms with van der Waals surface area (Å²) in [6, 6.07) is 9.36. The summed E-state index contributed by atoms with van der Waals surface area (Å²) >= 11 is 6.11. The third kappa shape index (κ3) is 4.20. The first-order valence-corrected chi connectivity index (χ1v) is 7.81. The second kappa shape index (κ2) is 7.28. The van der Waals surface area contributed by atoms with Gasteiger partial charge in [0.25, 0.3) is 0 Å². The van der Waals surface area contributed by atoms with Gasteiger partial charge in [0, 0.05) is 23.7 Å². The van der Waals surface area contributed by atoms with E-state index in [1.807, 2.05) is 12.1 Å². The quantitative estimate of drug-likeness (QED) is 0.851. The standard InChI is InChI=1S/C16H25ClN2/c1-3-10-19(12-16-8-5-9-18-16)13(2)14-6-4-7-15(17)11-14/h4,6-7,11,13,16,18H,3,5,8-10,12H2,1-2H3. The van der Waals surface area contributed by atoms with Gasteiger partial charge in [-0.15, -0.1) is 0 Å². The van der Waals surface area contributed by atoms with E-state index < -0.39 is 0 Å². The Morgan fingerprint density at radius 2 is 2.32 bits per heavy atom. The van der Waals surface area contributed by atoms with E-state index in [1.165, 1.54) is 31.4 Å². The predicted molar refractivity (Wildman–Crippen MR) is 82.8 cm³/mol. The van der Waals surface area contributed by atoms with Crippen LogP contribution in [-0.4, -0.2) is 30.6 Å². The van der Waals surface area contributed by atoms with Gasteiger partial charge in [-0.1, -0.05) is 30.7 Å². The van der Waals surface area contributed by atoms with Crippen LogP contribution in [0.1, 0.15) is 44.7 Å². The van der Waals surface area contributed by atoms with Crippen molar-refractivity contribution in [2.24, 2.45) is 0 Å². The van der Waals surface area contributed by atoms with Crippen LogP contribution in [-0.2, 0) is 0 Å². The minimum absolute atomic E-state index is 0.432.